The van der Waals surface area contributed by atoms with E-state index in [1.807, 2.05) is 25.1 Å². The minimum absolute atomic E-state index is 0.225. The summed E-state index contributed by atoms with van der Waals surface area (Å²) in [6, 6.07) is 5.71. The summed E-state index contributed by atoms with van der Waals surface area (Å²) >= 11 is 0. The lowest BCUT2D eigenvalue weighted by molar-refractivity contribution is -0.0796. The molecule has 1 aliphatic rings. The van der Waals surface area contributed by atoms with Gasteiger partial charge in [-0.15, -0.1) is 0 Å². The highest BCUT2D eigenvalue weighted by molar-refractivity contribution is 5.49. The van der Waals surface area contributed by atoms with Crippen molar-refractivity contribution < 1.29 is 9.47 Å². The van der Waals surface area contributed by atoms with E-state index < -0.39 is 0 Å². The molecule has 0 aromatic heterocycles. The molecular weight excluding hydrogens is 166 g/mol. The third-order valence-corrected chi connectivity index (χ3v) is 2.15. The highest BCUT2D eigenvalue weighted by atomic mass is 16.6. The van der Waals surface area contributed by atoms with Crippen molar-refractivity contribution in [2.45, 2.75) is 13.0 Å². The molecule has 1 aliphatic heterocycles. The van der Waals surface area contributed by atoms with Gasteiger partial charge in [0.25, 0.3) is 0 Å². The Kier molecular flexibility index (Phi) is 2.10. The van der Waals surface area contributed by atoms with Crippen molar-refractivity contribution in [2.24, 2.45) is 0 Å². The van der Waals surface area contributed by atoms with E-state index in [1.165, 1.54) is 0 Å². The summed E-state index contributed by atoms with van der Waals surface area (Å²) < 4.78 is 10.6. The number of hydrogen-bond acceptors (Lipinski definition) is 3. The number of nitrogen functional groups attached to an aromatic ring is 1. The van der Waals surface area contributed by atoms with Gasteiger partial charge in [-0.25, -0.2) is 0 Å². The Morgan fingerprint density at radius 3 is 2.77 bits per heavy atom. The molecule has 0 atom stereocenters. The van der Waals surface area contributed by atoms with Crippen LogP contribution >= 0.6 is 0 Å². The maximum Gasteiger partial charge on any atom is 0.145 e. The van der Waals surface area contributed by atoms with Crippen LogP contribution in [0.2, 0.25) is 0 Å². The Balaban J connectivity index is 2.07. The van der Waals surface area contributed by atoms with E-state index in [1.54, 1.807) is 0 Å². The number of benzene rings is 1. The number of hydrogen-bond donors (Lipinski definition) is 1. The molecular formula is C10H13NO2. The van der Waals surface area contributed by atoms with Gasteiger partial charge in [-0.3, -0.25) is 0 Å². The molecule has 2 N–H and O–H groups in total. The molecule has 3 nitrogen and oxygen atoms in total. The Labute approximate surface area is 77.5 Å². The zero-order valence-electron chi connectivity index (χ0n) is 7.62. The first kappa shape index (κ1) is 8.38. The van der Waals surface area contributed by atoms with Crippen molar-refractivity contribution >= 4 is 5.69 Å². The van der Waals surface area contributed by atoms with Gasteiger partial charge >= 0.3 is 0 Å². The maximum atomic E-state index is 5.69. The standard InChI is InChI=1S/C10H13NO2/c1-7-4-8(2-3-10(7)11)13-9-5-12-6-9/h2-4,9H,5-6,11H2,1H3. The number of anilines is 1. The number of nitrogens with two attached hydrogens (primary N) is 1. The molecule has 1 aromatic carbocycles. The van der Waals surface area contributed by atoms with Crippen molar-refractivity contribution in [3.63, 3.8) is 0 Å². The minimum Gasteiger partial charge on any atom is -0.486 e. The smallest absolute Gasteiger partial charge is 0.145 e. The third kappa shape index (κ3) is 1.75. The zero-order valence-corrected chi connectivity index (χ0v) is 7.62. The first-order valence-electron chi connectivity index (χ1n) is 4.36. The van der Waals surface area contributed by atoms with Crippen LogP contribution < -0.4 is 10.5 Å². The molecule has 0 amide bonds. The molecule has 1 aromatic rings. The van der Waals surface area contributed by atoms with Gasteiger partial charge in [0.15, 0.2) is 0 Å². The molecule has 0 radical (unpaired) electrons. The monoisotopic (exact) mass is 179 g/mol. The summed E-state index contributed by atoms with van der Waals surface area (Å²) in [7, 11) is 0. The fourth-order valence-corrected chi connectivity index (χ4v) is 1.20. The van der Waals surface area contributed by atoms with Crippen LogP contribution in [0.3, 0.4) is 0 Å². The molecule has 0 aliphatic carbocycles. The minimum atomic E-state index is 0.225. The quantitative estimate of drug-likeness (QED) is 0.697. The average molecular weight is 179 g/mol. The summed E-state index contributed by atoms with van der Waals surface area (Å²) in [5.74, 6) is 0.875. The first-order chi connectivity index (χ1) is 6.25. The maximum absolute atomic E-state index is 5.69. The Bertz CT molecular complexity index is 308. The van der Waals surface area contributed by atoms with Gasteiger partial charge in [-0.2, -0.15) is 0 Å². The second-order valence-electron chi connectivity index (χ2n) is 3.30. The van der Waals surface area contributed by atoms with Gasteiger partial charge in [0.2, 0.25) is 0 Å². The molecule has 2 rings (SSSR count). The van der Waals surface area contributed by atoms with Gasteiger partial charge in [-0.1, -0.05) is 0 Å². The molecule has 1 fully saturated rings. The number of rotatable bonds is 2. The Hall–Kier alpha value is -1.22. The molecule has 0 unspecified atom stereocenters. The largest absolute Gasteiger partial charge is 0.486 e. The average Bonchev–Trinajstić information content (AvgIpc) is 2.04. The van der Waals surface area contributed by atoms with Crippen LogP contribution in [0, 0.1) is 6.92 Å². The molecule has 70 valence electrons. The lowest BCUT2D eigenvalue weighted by atomic mass is 10.2. The van der Waals surface area contributed by atoms with Gasteiger partial charge < -0.3 is 15.2 Å². The van der Waals surface area contributed by atoms with Crippen molar-refractivity contribution in [3.8, 4) is 5.75 Å². The lowest BCUT2D eigenvalue weighted by Gasteiger charge is -2.26. The van der Waals surface area contributed by atoms with Crippen molar-refractivity contribution in [2.75, 3.05) is 18.9 Å². The number of ether oxygens (including phenoxy) is 2. The summed E-state index contributed by atoms with van der Waals surface area (Å²) in [6.07, 6.45) is 0.225. The predicted octanol–water partition coefficient (Wildman–Crippen LogP) is 1.35. The molecule has 13 heavy (non-hydrogen) atoms. The fraction of sp³-hybridized carbons (Fsp3) is 0.400. The van der Waals surface area contributed by atoms with Gasteiger partial charge in [0.1, 0.15) is 11.9 Å². The van der Waals surface area contributed by atoms with Crippen LogP contribution in [0.25, 0.3) is 0 Å². The van der Waals surface area contributed by atoms with Crippen molar-refractivity contribution in [3.05, 3.63) is 23.8 Å². The molecule has 0 bridgehead atoms. The highest BCUT2D eigenvalue weighted by Gasteiger charge is 2.19. The molecule has 1 heterocycles. The van der Waals surface area contributed by atoms with E-state index in [9.17, 15) is 0 Å². The van der Waals surface area contributed by atoms with Crippen molar-refractivity contribution in [1.29, 1.82) is 0 Å². The second-order valence-corrected chi connectivity index (χ2v) is 3.30. The SMILES string of the molecule is Cc1cc(OC2COC2)ccc1N. The summed E-state index contributed by atoms with van der Waals surface area (Å²) in [5.41, 5.74) is 7.54. The Morgan fingerprint density at radius 1 is 1.46 bits per heavy atom. The van der Waals surface area contributed by atoms with Crippen molar-refractivity contribution in [1.82, 2.24) is 0 Å². The summed E-state index contributed by atoms with van der Waals surface area (Å²) in [5, 5.41) is 0. The van der Waals surface area contributed by atoms with Gasteiger partial charge in [0, 0.05) is 5.69 Å². The van der Waals surface area contributed by atoms with E-state index >= 15 is 0 Å². The summed E-state index contributed by atoms with van der Waals surface area (Å²) in [4.78, 5) is 0. The zero-order chi connectivity index (χ0) is 9.26. The first-order valence-corrected chi connectivity index (χ1v) is 4.36. The van der Waals surface area contributed by atoms with E-state index in [-0.39, 0.29) is 6.10 Å². The van der Waals surface area contributed by atoms with Crippen LogP contribution in [0.4, 0.5) is 5.69 Å². The van der Waals surface area contributed by atoms with Crippen LogP contribution in [0.1, 0.15) is 5.56 Å². The summed E-state index contributed by atoms with van der Waals surface area (Å²) in [6.45, 7) is 3.37. The molecule has 1 saturated heterocycles. The van der Waals surface area contributed by atoms with Crippen LogP contribution in [-0.4, -0.2) is 19.3 Å². The van der Waals surface area contributed by atoms with Gasteiger partial charge in [-0.05, 0) is 30.7 Å². The molecule has 0 spiro atoms. The highest BCUT2D eigenvalue weighted by Crippen LogP contribution is 2.21. The predicted molar refractivity (Wildman–Crippen MR) is 50.8 cm³/mol. The topological polar surface area (TPSA) is 44.5 Å². The van der Waals surface area contributed by atoms with E-state index in [2.05, 4.69) is 0 Å². The van der Waals surface area contributed by atoms with Gasteiger partial charge in [0.05, 0.1) is 13.2 Å². The second kappa shape index (κ2) is 3.26. The lowest BCUT2D eigenvalue weighted by Crippen LogP contribution is -2.38. The molecule has 3 heteroatoms. The fourth-order valence-electron chi connectivity index (χ4n) is 1.20. The third-order valence-electron chi connectivity index (χ3n) is 2.15. The van der Waals surface area contributed by atoms with Crippen LogP contribution in [0.15, 0.2) is 18.2 Å². The normalized spacial score (nSPS) is 16.7. The number of aryl methyl sites for hydroxylation is 1. The Morgan fingerprint density at radius 2 is 2.23 bits per heavy atom. The van der Waals surface area contributed by atoms with Crippen LogP contribution in [-0.2, 0) is 4.74 Å². The van der Waals surface area contributed by atoms with E-state index in [4.69, 9.17) is 15.2 Å². The van der Waals surface area contributed by atoms with Crippen LogP contribution in [0.5, 0.6) is 5.75 Å². The molecule has 0 saturated carbocycles. The van der Waals surface area contributed by atoms with E-state index in [0.29, 0.717) is 13.2 Å². The van der Waals surface area contributed by atoms with E-state index in [0.717, 1.165) is 17.0 Å².